The summed E-state index contributed by atoms with van der Waals surface area (Å²) in [5.74, 6) is -0.0446. The van der Waals surface area contributed by atoms with Crippen molar-refractivity contribution in [3.05, 3.63) is 17.5 Å². The molecule has 1 aromatic heterocycles. The van der Waals surface area contributed by atoms with Gasteiger partial charge in [0.1, 0.15) is 0 Å². The van der Waals surface area contributed by atoms with Gasteiger partial charge in [-0.2, -0.15) is 5.10 Å². The minimum atomic E-state index is -0.0446. The summed E-state index contributed by atoms with van der Waals surface area (Å²) >= 11 is 0. The van der Waals surface area contributed by atoms with Crippen LogP contribution in [0.1, 0.15) is 23.0 Å². The van der Waals surface area contributed by atoms with E-state index in [4.69, 9.17) is 4.74 Å². The molecular formula is C16H27N5O2. The zero-order valence-corrected chi connectivity index (χ0v) is 14.3. The number of ether oxygens (including phenoxy) is 1. The topological polar surface area (TPSA) is 62.6 Å². The Morgan fingerprint density at radius 3 is 2.74 bits per heavy atom. The average Bonchev–Trinajstić information content (AvgIpc) is 3.14. The molecule has 2 aliphatic rings. The van der Waals surface area contributed by atoms with Crippen LogP contribution >= 0.6 is 0 Å². The van der Waals surface area contributed by atoms with Crippen LogP contribution in [-0.2, 0) is 11.3 Å². The lowest BCUT2D eigenvalue weighted by Crippen LogP contribution is -2.56. The molecule has 7 nitrogen and oxygen atoms in total. The van der Waals surface area contributed by atoms with Crippen LogP contribution in [0.15, 0.2) is 6.20 Å². The van der Waals surface area contributed by atoms with Gasteiger partial charge >= 0.3 is 0 Å². The van der Waals surface area contributed by atoms with Crippen molar-refractivity contribution < 1.29 is 9.53 Å². The second kappa shape index (κ2) is 6.98. The smallest absolute Gasteiger partial charge is 0.255 e. The molecule has 3 heterocycles. The monoisotopic (exact) mass is 321 g/mol. The van der Waals surface area contributed by atoms with Crippen LogP contribution in [0.25, 0.3) is 0 Å². The minimum Gasteiger partial charge on any atom is -0.378 e. The fourth-order valence-corrected chi connectivity index (χ4v) is 3.43. The van der Waals surface area contributed by atoms with Gasteiger partial charge in [-0.15, -0.1) is 0 Å². The van der Waals surface area contributed by atoms with Crippen molar-refractivity contribution in [3.8, 4) is 0 Å². The highest BCUT2D eigenvalue weighted by molar-refractivity contribution is 5.95. The van der Waals surface area contributed by atoms with Gasteiger partial charge in [-0.3, -0.25) is 14.4 Å². The maximum absolute atomic E-state index is 12.6. The third-order valence-electron chi connectivity index (χ3n) is 5.02. The number of carbonyl (C=O) groups excluding carboxylic acids is 1. The summed E-state index contributed by atoms with van der Waals surface area (Å²) in [6.45, 7) is 10.2. The SMILES string of the molecule is CCn1ncc(C(=O)N[C@H]2COC[C@@H]2N2CCN(C)CC2)c1C. The predicted molar refractivity (Wildman–Crippen MR) is 87.6 cm³/mol. The Morgan fingerprint density at radius 1 is 1.35 bits per heavy atom. The van der Waals surface area contributed by atoms with E-state index in [2.05, 4.69) is 27.3 Å². The van der Waals surface area contributed by atoms with Crippen molar-refractivity contribution in [2.24, 2.45) is 0 Å². The van der Waals surface area contributed by atoms with Gasteiger partial charge in [0.15, 0.2) is 0 Å². The van der Waals surface area contributed by atoms with E-state index in [9.17, 15) is 4.79 Å². The molecule has 0 saturated carbocycles. The van der Waals surface area contributed by atoms with E-state index in [1.54, 1.807) is 6.20 Å². The van der Waals surface area contributed by atoms with Crippen molar-refractivity contribution in [1.29, 1.82) is 0 Å². The average molecular weight is 321 g/mol. The molecule has 0 aliphatic carbocycles. The van der Waals surface area contributed by atoms with Gasteiger partial charge in [-0.25, -0.2) is 0 Å². The van der Waals surface area contributed by atoms with Gasteiger partial charge in [0.05, 0.1) is 37.1 Å². The normalized spacial score (nSPS) is 26.6. The lowest BCUT2D eigenvalue weighted by atomic mass is 10.1. The van der Waals surface area contributed by atoms with E-state index >= 15 is 0 Å². The van der Waals surface area contributed by atoms with E-state index in [-0.39, 0.29) is 18.0 Å². The molecule has 2 aliphatic heterocycles. The Labute approximate surface area is 137 Å². The lowest BCUT2D eigenvalue weighted by Gasteiger charge is -2.38. The molecule has 0 bridgehead atoms. The summed E-state index contributed by atoms with van der Waals surface area (Å²) in [4.78, 5) is 17.4. The van der Waals surface area contributed by atoms with E-state index in [1.807, 2.05) is 18.5 Å². The highest BCUT2D eigenvalue weighted by Gasteiger charge is 2.35. The Morgan fingerprint density at radius 2 is 2.09 bits per heavy atom. The summed E-state index contributed by atoms with van der Waals surface area (Å²) in [7, 11) is 2.15. The molecule has 1 aromatic rings. The molecule has 23 heavy (non-hydrogen) atoms. The summed E-state index contributed by atoms with van der Waals surface area (Å²) in [5, 5.41) is 7.42. The maximum Gasteiger partial charge on any atom is 0.255 e. The van der Waals surface area contributed by atoms with Gasteiger partial charge in [0, 0.05) is 38.4 Å². The molecule has 128 valence electrons. The van der Waals surface area contributed by atoms with E-state index in [0.29, 0.717) is 18.8 Å². The number of amides is 1. The number of hydrogen-bond acceptors (Lipinski definition) is 5. The first kappa shape index (κ1) is 16.4. The fourth-order valence-electron chi connectivity index (χ4n) is 3.43. The molecule has 0 radical (unpaired) electrons. The second-order valence-electron chi connectivity index (χ2n) is 6.48. The number of piperazine rings is 1. The standard InChI is InChI=1S/C16H27N5O2/c1-4-21-12(2)13(9-17-21)16(22)18-14-10-23-11-15(14)20-7-5-19(3)6-8-20/h9,14-15H,4-8,10-11H2,1-3H3,(H,18,22)/t14-,15-/m0/s1. The maximum atomic E-state index is 12.6. The molecule has 3 rings (SSSR count). The largest absolute Gasteiger partial charge is 0.378 e. The molecule has 7 heteroatoms. The molecule has 1 N–H and O–H groups in total. The van der Waals surface area contributed by atoms with Crippen molar-refractivity contribution in [2.75, 3.05) is 46.4 Å². The molecule has 0 aromatic carbocycles. The zero-order valence-electron chi connectivity index (χ0n) is 14.3. The Bertz CT molecular complexity index is 551. The molecular weight excluding hydrogens is 294 g/mol. The van der Waals surface area contributed by atoms with Gasteiger partial charge in [-0.05, 0) is 20.9 Å². The van der Waals surface area contributed by atoms with Crippen LogP contribution in [0.2, 0.25) is 0 Å². The van der Waals surface area contributed by atoms with E-state index in [0.717, 1.165) is 38.4 Å². The van der Waals surface area contributed by atoms with E-state index in [1.165, 1.54) is 0 Å². The molecule has 2 fully saturated rings. The van der Waals surface area contributed by atoms with E-state index < -0.39 is 0 Å². The summed E-state index contributed by atoms with van der Waals surface area (Å²) < 4.78 is 7.50. The zero-order chi connectivity index (χ0) is 16.4. The number of nitrogens with one attached hydrogen (secondary N) is 1. The Kier molecular flexibility index (Phi) is 4.99. The molecule has 0 spiro atoms. The molecule has 2 atom stereocenters. The van der Waals surface area contributed by atoms with Crippen LogP contribution in [-0.4, -0.2) is 84.0 Å². The quantitative estimate of drug-likeness (QED) is 0.843. The predicted octanol–water partition coefficient (Wildman–Crippen LogP) is -0.0440. The first-order valence-corrected chi connectivity index (χ1v) is 8.43. The second-order valence-corrected chi connectivity index (χ2v) is 6.48. The van der Waals surface area contributed by atoms with Gasteiger partial charge in [0.25, 0.3) is 5.91 Å². The number of carbonyl (C=O) groups is 1. The van der Waals surface area contributed by atoms with Crippen LogP contribution < -0.4 is 5.32 Å². The molecule has 0 unspecified atom stereocenters. The van der Waals surface area contributed by atoms with Gasteiger partial charge in [0.2, 0.25) is 0 Å². The number of aromatic nitrogens is 2. The summed E-state index contributed by atoms with van der Waals surface area (Å²) in [6.07, 6.45) is 1.66. The van der Waals surface area contributed by atoms with Crippen LogP contribution in [0.4, 0.5) is 0 Å². The van der Waals surface area contributed by atoms with Crippen LogP contribution in [0.3, 0.4) is 0 Å². The highest BCUT2D eigenvalue weighted by atomic mass is 16.5. The fraction of sp³-hybridized carbons (Fsp3) is 0.750. The highest BCUT2D eigenvalue weighted by Crippen LogP contribution is 2.17. The third-order valence-corrected chi connectivity index (χ3v) is 5.02. The Balaban J connectivity index is 1.64. The Hall–Kier alpha value is -1.44. The number of rotatable bonds is 4. The molecule has 2 saturated heterocycles. The van der Waals surface area contributed by atoms with Crippen molar-refractivity contribution in [3.63, 3.8) is 0 Å². The van der Waals surface area contributed by atoms with Gasteiger partial charge < -0.3 is 15.0 Å². The number of hydrogen-bond donors (Lipinski definition) is 1. The first-order valence-electron chi connectivity index (χ1n) is 8.43. The first-order chi connectivity index (χ1) is 11.1. The van der Waals surface area contributed by atoms with Gasteiger partial charge in [-0.1, -0.05) is 0 Å². The molecule has 1 amide bonds. The van der Waals surface area contributed by atoms with Crippen molar-refractivity contribution in [2.45, 2.75) is 32.5 Å². The minimum absolute atomic E-state index is 0.0446. The summed E-state index contributed by atoms with van der Waals surface area (Å²) in [5.41, 5.74) is 1.58. The van der Waals surface area contributed by atoms with Crippen molar-refractivity contribution in [1.82, 2.24) is 24.9 Å². The summed E-state index contributed by atoms with van der Waals surface area (Å²) in [6, 6.07) is 0.324. The number of likely N-dealkylation sites (N-methyl/N-ethyl adjacent to an activating group) is 1. The third kappa shape index (κ3) is 3.41. The number of aryl methyl sites for hydroxylation is 1. The lowest BCUT2D eigenvalue weighted by molar-refractivity contribution is 0.0828. The number of nitrogens with zero attached hydrogens (tertiary/aromatic N) is 4. The van der Waals surface area contributed by atoms with Crippen LogP contribution in [0.5, 0.6) is 0 Å². The van der Waals surface area contributed by atoms with Crippen molar-refractivity contribution >= 4 is 5.91 Å². The van der Waals surface area contributed by atoms with Crippen LogP contribution in [0, 0.1) is 6.92 Å².